The van der Waals surface area contributed by atoms with E-state index >= 15 is 0 Å². The summed E-state index contributed by atoms with van der Waals surface area (Å²) in [7, 11) is 0. The molecular weight excluding hydrogens is 165 g/mol. The molecule has 1 rings (SSSR count). The molecule has 0 saturated heterocycles. The molecular formula is C5H3F3OS. The highest BCUT2D eigenvalue weighted by Crippen LogP contribution is 2.33. The number of hydrogen-bond acceptors (Lipinski definition) is 2. The lowest BCUT2D eigenvalue weighted by Gasteiger charge is -2.01. The number of hydrogen-bond donors (Lipinski definition) is 1. The van der Waals surface area contributed by atoms with E-state index in [1.54, 1.807) is 0 Å². The third-order valence-electron chi connectivity index (χ3n) is 0.947. The van der Waals surface area contributed by atoms with E-state index in [1.165, 1.54) is 0 Å². The van der Waals surface area contributed by atoms with Crippen molar-refractivity contribution in [2.45, 2.75) is 11.1 Å². The number of thiol groups is 1. The molecule has 0 spiro atoms. The van der Waals surface area contributed by atoms with Crippen molar-refractivity contribution in [3.63, 3.8) is 0 Å². The van der Waals surface area contributed by atoms with Gasteiger partial charge in [0.05, 0.1) is 4.90 Å². The fourth-order valence-corrected chi connectivity index (χ4v) is 0.743. The van der Waals surface area contributed by atoms with Crippen molar-refractivity contribution < 1.29 is 17.6 Å². The summed E-state index contributed by atoms with van der Waals surface area (Å²) in [6.45, 7) is 0. The molecule has 0 amide bonds. The highest BCUT2D eigenvalue weighted by molar-refractivity contribution is 7.80. The Morgan fingerprint density at radius 1 is 1.30 bits per heavy atom. The van der Waals surface area contributed by atoms with Crippen LogP contribution < -0.4 is 0 Å². The Hall–Kier alpha value is -0.580. The van der Waals surface area contributed by atoms with Crippen LogP contribution in [0.2, 0.25) is 0 Å². The number of rotatable bonds is 0. The van der Waals surface area contributed by atoms with Crippen molar-refractivity contribution in [3.05, 3.63) is 18.1 Å². The van der Waals surface area contributed by atoms with Gasteiger partial charge in [0.1, 0.15) is 18.1 Å². The highest BCUT2D eigenvalue weighted by Gasteiger charge is 2.34. The fourth-order valence-electron chi connectivity index (χ4n) is 0.502. The first-order valence-corrected chi connectivity index (χ1v) is 2.79. The van der Waals surface area contributed by atoms with Gasteiger partial charge in [-0.1, -0.05) is 0 Å². The summed E-state index contributed by atoms with van der Waals surface area (Å²) < 4.78 is 39.6. The van der Waals surface area contributed by atoms with Crippen LogP contribution in [-0.4, -0.2) is 0 Å². The first-order valence-electron chi connectivity index (χ1n) is 2.34. The zero-order valence-corrected chi connectivity index (χ0v) is 5.54. The Kier molecular flexibility index (Phi) is 1.68. The zero-order valence-electron chi connectivity index (χ0n) is 4.64. The average molecular weight is 168 g/mol. The Morgan fingerprint density at radius 2 is 1.90 bits per heavy atom. The van der Waals surface area contributed by atoms with Gasteiger partial charge in [-0.15, -0.1) is 12.6 Å². The van der Waals surface area contributed by atoms with E-state index in [2.05, 4.69) is 17.0 Å². The second-order valence-corrected chi connectivity index (χ2v) is 2.15. The van der Waals surface area contributed by atoms with Crippen molar-refractivity contribution >= 4 is 12.6 Å². The third kappa shape index (κ3) is 1.29. The molecule has 10 heavy (non-hydrogen) atoms. The van der Waals surface area contributed by atoms with E-state index in [9.17, 15) is 13.2 Å². The van der Waals surface area contributed by atoms with Gasteiger partial charge >= 0.3 is 6.18 Å². The molecule has 1 heterocycles. The minimum atomic E-state index is -4.36. The van der Waals surface area contributed by atoms with Gasteiger partial charge in [-0.05, 0) is 0 Å². The van der Waals surface area contributed by atoms with Crippen LogP contribution >= 0.6 is 12.6 Å². The molecule has 0 fully saturated rings. The van der Waals surface area contributed by atoms with Gasteiger partial charge in [-0.3, -0.25) is 0 Å². The third-order valence-corrected chi connectivity index (χ3v) is 1.29. The van der Waals surface area contributed by atoms with Gasteiger partial charge in [0.25, 0.3) is 0 Å². The van der Waals surface area contributed by atoms with Crippen molar-refractivity contribution in [1.82, 2.24) is 0 Å². The van der Waals surface area contributed by atoms with Crippen molar-refractivity contribution in [2.75, 3.05) is 0 Å². The molecule has 0 aromatic carbocycles. The summed E-state index contributed by atoms with van der Waals surface area (Å²) in [5, 5.41) is 0. The molecule has 56 valence electrons. The molecule has 0 aliphatic carbocycles. The van der Waals surface area contributed by atoms with Crippen LogP contribution in [0.3, 0.4) is 0 Å². The SMILES string of the molecule is FC(F)(F)c1cocc1S. The minimum Gasteiger partial charge on any atom is -0.471 e. The van der Waals surface area contributed by atoms with E-state index < -0.39 is 11.7 Å². The molecule has 0 unspecified atom stereocenters. The first kappa shape index (κ1) is 7.53. The first-order chi connectivity index (χ1) is 4.52. The molecule has 1 aromatic heterocycles. The summed E-state index contributed by atoms with van der Waals surface area (Å²) in [5.74, 6) is 0. The summed E-state index contributed by atoms with van der Waals surface area (Å²) in [6.07, 6.45) is -2.79. The standard InChI is InChI=1S/C5H3F3OS/c6-5(7,8)3-1-9-2-4(3)10/h1-2,10H. The Morgan fingerprint density at radius 3 is 2.10 bits per heavy atom. The number of halogens is 3. The molecule has 0 atom stereocenters. The predicted molar refractivity (Wildman–Crippen MR) is 31.0 cm³/mol. The predicted octanol–water partition coefficient (Wildman–Crippen LogP) is 2.59. The summed E-state index contributed by atoms with van der Waals surface area (Å²) in [6, 6.07) is 0. The zero-order chi connectivity index (χ0) is 7.78. The van der Waals surface area contributed by atoms with Crippen LogP contribution in [0.1, 0.15) is 5.56 Å². The van der Waals surface area contributed by atoms with Gasteiger partial charge in [-0.25, -0.2) is 0 Å². The van der Waals surface area contributed by atoms with Gasteiger partial charge in [0, 0.05) is 0 Å². The molecule has 0 radical (unpaired) electrons. The molecule has 5 heteroatoms. The molecule has 0 aliphatic heterocycles. The lowest BCUT2D eigenvalue weighted by Crippen LogP contribution is -2.03. The van der Waals surface area contributed by atoms with E-state index in [4.69, 9.17) is 0 Å². The van der Waals surface area contributed by atoms with Gasteiger partial charge in [0.15, 0.2) is 0 Å². The van der Waals surface area contributed by atoms with E-state index in [1.807, 2.05) is 0 Å². The normalized spacial score (nSPS) is 12.0. The second-order valence-electron chi connectivity index (χ2n) is 1.67. The van der Waals surface area contributed by atoms with Crippen LogP contribution in [0.15, 0.2) is 21.8 Å². The summed E-state index contributed by atoms with van der Waals surface area (Å²) in [4.78, 5) is -0.187. The Labute approximate surface area is 60.2 Å². The fraction of sp³-hybridized carbons (Fsp3) is 0.200. The van der Waals surface area contributed by atoms with Crippen LogP contribution in [0.25, 0.3) is 0 Å². The molecule has 1 aromatic rings. The maximum atomic E-state index is 11.8. The average Bonchev–Trinajstić information content (AvgIpc) is 2.11. The van der Waals surface area contributed by atoms with Crippen LogP contribution in [0, 0.1) is 0 Å². The molecule has 0 saturated carbocycles. The topological polar surface area (TPSA) is 13.1 Å². The van der Waals surface area contributed by atoms with Crippen molar-refractivity contribution in [3.8, 4) is 0 Å². The van der Waals surface area contributed by atoms with E-state index in [-0.39, 0.29) is 4.90 Å². The van der Waals surface area contributed by atoms with Crippen LogP contribution in [-0.2, 0) is 6.18 Å². The summed E-state index contributed by atoms with van der Waals surface area (Å²) >= 11 is 3.53. The Bertz CT molecular complexity index is 227. The lowest BCUT2D eigenvalue weighted by molar-refractivity contribution is -0.139. The van der Waals surface area contributed by atoms with Gasteiger partial charge < -0.3 is 4.42 Å². The minimum absolute atomic E-state index is 0.187. The lowest BCUT2D eigenvalue weighted by atomic mass is 10.3. The molecule has 1 nitrogen and oxygen atoms in total. The Balaban J connectivity index is 3.05. The van der Waals surface area contributed by atoms with E-state index in [0.29, 0.717) is 6.26 Å². The highest BCUT2D eigenvalue weighted by atomic mass is 32.1. The summed E-state index contributed by atoms with van der Waals surface area (Å²) in [5.41, 5.74) is -0.837. The van der Waals surface area contributed by atoms with Gasteiger partial charge in [0.2, 0.25) is 0 Å². The maximum absolute atomic E-state index is 11.8. The smallest absolute Gasteiger partial charge is 0.420 e. The van der Waals surface area contributed by atoms with Crippen LogP contribution in [0.4, 0.5) is 13.2 Å². The number of alkyl halides is 3. The maximum Gasteiger partial charge on any atom is 0.420 e. The molecule has 0 aliphatic rings. The molecule has 0 bridgehead atoms. The second kappa shape index (κ2) is 2.23. The van der Waals surface area contributed by atoms with Crippen molar-refractivity contribution in [2.24, 2.45) is 0 Å². The monoisotopic (exact) mass is 168 g/mol. The van der Waals surface area contributed by atoms with Crippen molar-refractivity contribution in [1.29, 1.82) is 0 Å². The van der Waals surface area contributed by atoms with Crippen LogP contribution in [0.5, 0.6) is 0 Å². The van der Waals surface area contributed by atoms with E-state index in [0.717, 1.165) is 6.26 Å². The van der Waals surface area contributed by atoms with Gasteiger partial charge in [-0.2, -0.15) is 13.2 Å². The molecule has 0 N–H and O–H groups in total. The largest absolute Gasteiger partial charge is 0.471 e. The quantitative estimate of drug-likeness (QED) is 0.587. The number of furan rings is 1.